The van der Waals surface area contributed by atoms with Crippen LogP contribution in [0.1, 0.15) is 32.3 Å². The smallest absolute Gasteiger partial charge is 0.224 e. The van der Waals surface area contributed by atoms with E-state index in [1.54, 1.807) is 6.92 Å². The highest BCUT2D eigenvalue weighted by Gasteiger charge is 2.12. The Labute approximate surface area is 90.2 Å². The molecule has 82 valence electrons. The second-order valence-electron chi connectivity index (χ2n) is 3.86. The van der Waals surface area contributed by atoms with E-state index >= 15 is 0 Å². The monoisotopic (exact) mass is 207 g/mol. The number of primary amides is 1. The Morgan fingerprint density at radius 3 is 2.53 bits per heavy atom. The van der Waals surface area contributed by atoms with Crippen molar-refractivity contribution in [3.63, 3.8) is 0 Å². The van der Waals surface area contributed by atoms with Gasteiger partial charge in [-0.05, 0) is 38.5 Å². The zero-order valence-corrected chi connectivity index (χ0v) is 9.36. The summed E-state index contributed by atoms with van der Waals surface area (Å²) in [6.07, 6.45) is 0.129. The summed E-state index contributed by atoms with van der Waals surface area (Å²) in [4.78, 5) is 11.0. The van der Waals surface area contributed by atoms with Crippen LogP contribution in [0.2, 0.25) is 0 Å². The highest BCUT2D eigenvalue weighted by Crippen LogP contribution is 2.21. The van der Waals surface area contributed by atoms with E-state index in [4.69, 9.17) is 10.5 Å². The topological polar surface area (TPSA) is 52.3 Å². The van der Waals surface area contributed by atoms with Gasteiger partial charge in [-0.1, -0.05) is 12.1 Å². The van der Waals surface area contributed by atoms with Gasteiger partial charge in [-0.2, -0.15) is 0 Å². The van der Waals surface area contributed by atoms with Gasteiger partial charge in [0.1, 0.15) is 5.75 Å². The molecule has 0 aromatic heterocycles. The van der Waals surface area contributed by atoms with Crippen molar-refractivity contribution in [3.8, 4) is 5.75 Å². The van der Waals surface area contributed by atoms with Crippen LogP contribution in [-0.2, 0) is 4.79 Å². The summed E-state index contributed by atoms with van der Waals surface area (Å²) in [6.45, 7) is 5.71. The van der Waals surface area contributed by atoms with Crippen LogP contribution in [0, 0.1) is 0 Å². The lowest BCUT2D eigenvalue weighted by Crippen LogP contribution is -2.18. The fourth-order valence-corrected chi connectivity index (χ4v) is 1.29. The Bertz CT molecular complexity index is 347. The third-order valence-electron chi connectivity index (χ3n) is 2.16. The summed E-state index contributed by atoms with van der Waals surface area (Å²) in [5.41, 5.74) is 6.13. The Hall–Kier alpha value is -1.51. The fourth-order valence-electron chi connectivity index (χ4n) is 1.29. The second-order valence-corrected chi connectivity index (χ2v) is 3.86. The zero-order chi connectivity index (χ0) is 11.4. The van der Waals surface area contributed by atoms with Crippen molar-refractivity contribution in [1.82, 2.24) is 0 Å². The summed E-state index contributed by atoms with van der Waals surface area (Å²) in [7, 11) is 0. The maximum Gasteiger partial charge on any atom is 0.224 e. The number of amides is 1. The molecule has 0 aliphatic carbocycles. The molecule has 15 heavy (non-hydrogen) atoms. The Balaban J connectivity index is 2.87. The highest BCUT2D eigenvalue weighted by molar-refractivity contribution is 5.81. The molecule has 1 unspecified atom stereocenters. The van der Waals surface area contributed by atoms with Crippen molar-refractivity contribution in [2.24, 2.45) is 5.73 Å². The molecule has 1 rings (SSSR count). The van der Waals surface area contributed by atoms with Gasteiger partial charge in [-0.25, -0.2) is 0 Å². The summed E-state index contributed by atoms with van der Waals surface area (Å²) in [6, 6.07) is 7.47. The van der Waals surface area contributed by atoms with Crippen LogP contribution in [0.25, 0.3) is 0 Å². The first-order valence-corrected chi connectivity index (χ1v) is 5.06. The van der Waals surface area contributed by atoms with Gasteiger partial charge in [0.2, 0.25) is 5.91 Å². The van der Waals surface area contributed by atoms with Crippen molar-refractivity contribution in [2.75, 3.05) is 0 Å². The maximum absolute atomic E-state index is 11.0. The number of nitrogens with two attached hydrogens (primary N) is 1. The van der Waals surface area contributed by atoms with Crippen molar-refractivity contribution < 1.29 is 9.53 Å². The summed E-state index contributed by atoms with van der Waals surface area (Å²) in [5.74, 6) is 0.174. The molecule has 1 amide bonds. The lowest BCUT2D eigenvalue weighted by Gasteiger charge is -2.12. The van der Waals surface area contributed by atoms with Crippen molar-refractivity contribution in [1.29, 1.82) is 0 Å². The number of ether oxygens (including phenoxy) is 1. The number of hydrogen-bond acceptors (Lipinski definition) is 2. The van der Waals surface area contributed by atoms with E-state index in [0.717, 1.165) is 11.3 Å². The SMILES string of the molecule is CC(C)Oc1cccc(C(C)C(N)=O)c1. The predicted octanol–water partition coefficient (Wildman–Crippen LogP) is 2.06. The molecule has 0 aliphatic rings. The normalized spacial score (nSPS) is 12.5. The molecule has 0 spiro atoms. The van der Waals surface area contributed by atoms with E-state index < -0.39 is 0 Å². The molecule has 0 bridgehead atoms. The second kappa shape index (κ2) is 4.82. The van der Waals surface area contributed by atoms with Gasteiger partial charge in [0.25, 0.3) is 0 Å². The first kappa shape index (κ1) is 11.6. The maximum atomic E-state index is 11.0. The summed E-state index contributed by atoms with van der Waals surface area (Å²) < 4.78 is 5.53. The molecule has 3 heteroatoms. The van der Waals surface area contributed by atoms with Crippen LogP contribution in [0.5, 0.6) is 5.75 Å². The quantitative estimate of drug-likeness (QED) is 0.821. The van der Waals surface area contributed by atoms with Gasteiger partial charge in [-0.3, -0.25) is 4.79 Å². The van der Waals surface area contributed by atoms with E-state index in [1.165, 1.54) is 0 Å². The minimum Gasteiger partial charge on any atom is -0.491 e. The average molecular weight is 207 g/mol. The van der Waals surface area contributed by atoms with Crippen molar-refractivity contribution in [3.05, 3.63) is 29.8 Å². The lowest BCUT2D eigenvalue weighted by molar-refractivity contribution is -0.119. The van der Waals surface area contributed by atoms with Gasteiger partial charge in [0, 0.05) is 0 Å². The van der Waals surface area contributed by atoms with Crippen LogP contribution >= 0.6 is 0 Å². The van der Waals surface area contributed by atoms with Gasteiger partial charge in [0.05, 0.1) is 12.0 Å². The van der Waals surface area contributed by atoms with Gasteiger partial charge >= 0.3 is 0 Å². The molecule has 0 saturated heterocycles. The van der Waals surface area contributed by atoms with Crippen molar-refractivity contribution >= 4 is 5.91 Å². The van der Waals surface area contributed by atoms with E-state index in [9.17, 15) is 4.79 Å². The number of hydrogen-bond donors (Lipinski definition) is 1. The van der Waals surface area contributed by atoms with E-state index in [1.807, 2.05) is 38.1 Å². The number of carbonyl (C=O) groups is 1. The molecule has 3 nitrogen and oxygen atoms in total. The molecule has 1 atom stereocenters. The van der Waals surface area contributed by atoms with Crippen LogP contribution in [0.3, 0.4) is 0 Å². The van der Waals surface area contributed by atoms with Crippen molar-refractivity contribution in [2.45, 2.75) is 32.8 Å². The molecule has 0 fully saturated rings. The molecule has 0 saturated carbocycles. The Kier molecular flexibility index (Phi) is 3.72. The predicted molar refractivity (Wildman–Crippen MR) is 59.8 cm³/mol. The van der Waals surface area contributed by atoms with Crippen LogP contribution < -0.4 is 10.5 Å². The molecule has 0 heterocycles. The van der Waals surface area contributed by atoms with Gasteiger partial charge in [0.15, 0.2) is 0 Å². The van der Waals surface area contributed by atoms with E-state index in [0.29, 0.717) is 0 Å². The highest BCUT2D eigenvalue weighted by atomic mass is 16.5. The molecule has 0 aliphatic heterocycles. The third-order valence-corrected chi connectivity index (χ3v) is 2.16. The molecule has 0 radical (unpaired) electrons. The van der Waals surface area contributed by atoms with Crippen LogP contribution in [-0.4, -0.2) is 12.0 Å². The number of rotatable bonds is 4. The van der Waals surface area contributed by atoms with Gasteiger partial charge < -0.3 is 10.5 Å². The zero-order valence-electron chi connectivity index (χ0n) is 9.36. The molecular formula is C12H17NO2. The largest absolute Gasteiger partial charge is 0.491 e. The number of carbonyl (C=O) groups excluding carboxylic acids is 1. The van der Waals surface area contributed by atoms with E-state index in [2.05, 4.69) is 0 Å². The van der Waals surface area contributed by atoms with Crippen LogP contribution in [0.15, 0.2) is 24.3 Å². The molecule has 1 aromatic rings. The fraction of sp³-hybridized carbons (Fsp3) is 0.417. The Morgan fingerprint density at radius 2 is 2.00 bits per heavy atom. The number of benzene rings is 1. The van der Waals surface area contributed by atoms with Gasteiger partial charge in [-0.15, -0.1) is 0 Å². The third kappa shape index (κ3) is 3.27. The molecule has 1 aromatic carbocycles. The minimum absolute atomic E-state index is 0.129. The molecular weight excluding hydrogens is 190 g/mol. The molecule has 2 N–H and O–H groups in total. The lowest BCUT2D eigenvalue weighted by atomic mass is 10.0. The minimum atomic E-state index is -0.323. The first-order chi connectivity index (χ1) is 7.00. The Morgan fingerprint density at radius 1 is 1.33 bits per heavy atom. The average Bonchev–Trinajstić information content (AvgIpc) is 2.16. The summed E-state index contributed by atoms with van der Waals surface area (Å²) in [5, 5.41) is 0. The van der Waals surface area contributed by atoms with Crippen LogP contribution in [0.4, 0.5) is 0 Å². The van der Waals surface area contributed by atoms with E-state index in [-0.39, 0.29) is 17.9 Å². The standard InChI is InChI=1S/C12H17NO2/c1-8(2)15-11-6-4-5-10(7-11)9(3)12(13)14/h4-9H,1-3H3,(H2,13,14). The first-order valence-electron chi connectivity index (χ1n) is 5.06. The summed E-state index contributed by atoms with van der Waals surface area (Å²) >= 11 is 0.